The fourth-order valence-electron chi connectivity index (χ4n) is 2.96. The van der Waals surface area contributed by atoms with Crippen molar-refractivity contribution in [1.82, 2.24) is 4.90 Å². The highest BCUT2D eigenvalue weighted by atomic mass is 35.5. The zero-order valence-corrected chi connectivity index (χ0v) is 13.3. The lowest BCUT2D eigenvalue weighted by molar-refractivity contribution is 0.0318. The van der Waals surface area contributed by atoms with Crippen LogP contribution >= 0.6 is 11.6 Å². The maximum absolute atomic E-state index is 6.22. The van der Waals surface area contributed by atoms with E-state index < -0.39 is 0 Å². The average molecular weight is 317 g/mol. The summed E-state index contributed by atoms with van der Waals surface area (Å²) >= 11 is 6.06. The Labute approximate surface area is 136 Å². The lowest BCUT2D eigenvalue weighted by atomic mass is 10.0. The third-order valence-electron chi connectivity index (χ3n) is 4.07. The van der Waals surface area contributed by atoms with E-state index in [2.05, 4.69) is 29.2 Å². The minimum absolute atomic E-state index is 0.00864. The van der Waals surface area contributed by atoms with Crippen molar-refractivity contribution in [2.45, 2.75) is 19.1 Å². The summed E-state index contributed by atoms with van der Waals surface area (Å²) in [7, 11) is 0. The van der Waals surface area contributed by atoms with Crippen LogP contribution in [0.4, 0.5) is 0 Å². The molecule has 1 heterocycles. The quantitative estimate of drug-likeness (QED) is 0.942. The lowest BCUT2D eigenvalue weighted by Gasteiger charge is -2.30. The number of nitrogens with two attached hydrogens (primary N) is 1. The van der Waals surface area contributed by atoms with E-state index in [0.717, 1.165) is 31.7 Å². The Morgan fingerprint density at radius 3 is 2.73 bits per heavy atom. The molecule has 0 bridgehead atoms. The summed E-state index contributed by atoms with van der Waals surface area (Å²) in [6, 6.07) is 16.2. The molecule has 0 spiro atoms. The molecule has 0 aliphatic carbocycles. The first-order chi connectivity index (χ1) is 10.8. The molecule has 1 aliphatic rings. The molecule has 1 unspecified atom stereocenters. The second-order valence-electron chi connectivity index (χ2n) is 5.58. The molecule has 3 rings (SSSR count). The molecule has 0 saturated heterocycles. The molecule has 0 fully saturated rings. The zero-order valence-electron chi connectivity index (χ0n) is 12.5. The van der Waals surface area contributed by atoms with E-state index in [1.165, 1.54) is 11.1 Å². The van der Waals surface area contributed by atoms with Gasteiger partial charge in [-0.05, 0) is 35.7 Å². The van der Waals surface area contributed by atoms with Crippen LogP contribution in [-0.2, 0) is 12.8 Å². The molecule has 3 nitrogen and oxygen atoms in total. The molecule has 4 heteroatoms. The van der Waals surface area contributed by atoms with Crippen molar-refractivity contribution < 1.29 is 4.74 Å². The number of nitrogens with zero attached hydrogens (tertiary/aromatic N) is 1. The number of fused-ring (bicyclic) bond motifs is 1. The second-order valence-corrected chi connectivity index (χ2v) is 6.01. The summed E-state index contributed by atoms with van der Waals surface area (Å²) in [5.41, 5.74) is 8.54. The Morgan fingerprint density at radius 1 is 1.14 bits per heavy atom. The van der Waals surface area contributed by atoms with Crippen molar-refractivity contribution in [3.8, 4) is 5.75 Å². The molecule has 0 radical (unpaired) electrons. The van der Waals surface area contributed by atoms with Gasteiger partial charge in [0.2, 0.25) is 0 Å². The van der Waals surface area contributed by atoms with Crippen LogP contribution in [0.25, 0.3) is 0 Å². The Kier molecular flexibility index (Phi) is 4.98. The highest BCUT2D eigenvalue weighted by Gasteiger charge is 2.24. The molecule has 116 valence electrons. The Hall–Kier alpha value is -1.55. The summed E-state index contributed by atoms with van der Waals surface area (Å²) in [6.45, 7) is 2.42. The predicted molar refractivity (Wildman–Crippen MR) is 90.3 cm³/mol. The van der Waals surface area contributed by atoms with Gasteiger partial charge in [0, 0.05) is 31.1 Å². The van der Waals surface area contributed by atoms with Crippen LogP contribution in [0.1, 0.15) is 11.1 Å². The summed E-state index contributed by atoms with van der Waals surface area (Å²) in [4.78, 5) is 2.32. The molecule has 1 aliphatic heterocycles. The number of halogens is 1. The summed E-state index contributed by atoms with van der Waals surface area (Å²) in [6.07, 6.45) is 1.89. The lowest BCUT2D eigenvalue weighted by Crippen LogP contribution is -2.43. The molecule has 1 atom stereocenters. The van der Waals surface area contributed by atoms with Crippen molar-refractivity contribution >= 4 is 11.6 Å². The van der Waals surface area contributed by atoms with Crippen molar-refractivity contribution in [3.63, 3.8) is 0 Å². The van der Waals surface area contributed by atoms with Gasteiger partial charge in [0.1, 0.15) is 5.75 Å². The van der Waals surface area contributed by atoms with Crippen LogP contribution in [0, 0.1) is 0 Å². The average Bonchev–Trinajstić information content (AvgIpc) is 2.68. The number of hydrogen-bond acceptors (Lipinski definition) is 3. The van der Waals surface area contributed by atoms with Gasteiger partial charge < -0.3 is 10.5 Å². The van der Waals surface area contributed by atoms with E-state index in [-0.39, 0.29) is 6.23 Å². The van der Waals surface area contributed by atoms with Crippen LogP contribution in [0.3, 0.4) is 0 Å². The van der Waals surface area contributed by atoms with E-state index in [0.29, 0.717) is 11.6 Å². The molecule has 22 heavy (non-hydrogen) atoms. The van der Waals surface area contributed by atoms with E-state index in [9.17, 15) is 0 Å². The normalized spacial score (nSPS) is 18.5. The Morgan fingerprint density at radius 2 is 1.95 bits per heavy atom. The maximum Gasteiger partial charge on any atom is 0.156 e. The van der Waals surface area contributed by atoms with Crippen molar-refractivity contribution in [1.29, 1.82) is 0 Å². The zero-order chi connectivity index (χ0) is 15.4. The summed E-state index contributed by atoms with van der Waals surface area (Å²) < 4.78 is 6.22. The van der Waals surface area contributed by atoms with Gasteiger partial charge in [0.05, 0.1) is 0 Å². The molecular formula is C18H21ClN2O. The largest absolute Gasteiger partial charge is 0.475 e. The second kappa shape index (κ2) is 7.14. The van der Waals surface area contributed by atoms with Crippen LogP contribution in [0.2, 0.25) is 5.02 Å². The van der Waals surface area contributed by atoms with Gasteiger partial charge in [0.25, 0.3) is 0 Å². The third kappa shape index (κ3) is 3.61. The third-order valence-corrected chi connectivity index (χ3v) is 4.31. The maximum atomic E-state index is 6.22. The van der Waals surface area contributed by atoms with E-state index in [4.69, 9.17) is 22.1 Å². The first-order valence-corrected chi connectivity index (χ1v) is 8.07. The van der Waals surface area contributed by atoms with E-state index >= 15 is 0 Å². The molecule has 0 amide bonds. The number of rotatable bonds is 4. The highest BCUT2D eigenvalue weighted by Crippen LogP contribution is 2.24. The smallest absolute Gasteiger partial charge is 0.156 e. The van der Waals surface area contributed by atoms with Crippen molar-refractivity contribution in [2.24, 2.45) is 5.73 Å². The van der Waals surface area contributed by atoms with E-state index in [1.54, 1.807) is 0 Å². The fourth-order valence-corrected chi connectivity index (χ4v) is 3.14. The van der Waals surface area contributed by atoms with Gasteiger partial charge in [-0.25, -0.2) is 0 Å². The first-order valence-electron chi connectivity index (χ1n) is 7.69. The summed E-state index contributed by atoms with van der Waals surface area (Å²) in [5.74, 6) is 0.805. The van der Waals surface area contributed by atoms with Crippen molar-refractivity contribution in [2.75, 3.05) is 19.6 Å². The number of hydrogen-bond donors (Lipinski definition) is 1. The topological polar surface area (TPSA) is 38.5 Å². The first kappa shape index (κ1) is 15.3. The van der Waals surface area contributed by atoms with Gasteiger partial charge in [0.15, 0.2) is 6.23 Å². The minimum Gasteiger partial charge on any atom is -0.475 e. The minimum atomic E-state index is -0.00864. The molecular weight excluding hydrogens is 296 g/mol. The van der Waals surface area contributed by atoms with Crippen LogP contribution in [0.15, 0.2) is 48.5 Å². The highest BCUT2D eigenvalue weighted by molar-refractivity contribution is 6.30. The number of benzene rings is 2. The van der Waals surface area contributed by atoms with Gasteiger partial charge >= 0.3 is 0 Å². The molecule has 0 saturated carbocycles. The summed E-state index contributed by atoms with van der Waals surface area (Å²) in [5, 5.41) is 0.692. The van der Waals surface area contributed by atoms with Gasteiger partial charge in [-0.15, -0.1) is 0 Å². The standard InChI is InChI=1S/C18H21ClN2O/c19-16-6-3-7-17(13-16)22-18-12-15-5-2-1-4-14(15)8-10-21(18)11-9-20/h1-7,13,18H,8-12,20H2. The van der Waals surface area contributed by atoms with E-state index in [1.807, 2.05) is 24.3 Å². The van der Waals surface area contributed by atoms with Crippen molar-refractivity contribution in [3.05, 3.63) is 64.7 Å². The molecule has 2 aromatic carbocycles. The molecule has 2 aromatic rings. The Bertz CT molecular complexity index is 632. The Balaban J connectivity index is 1.84. The SMILES string of the molecule is NCCN1CCc2ccccc2CC1Oc1cccc(Cl)c1. The van der Waals surface area contributed by atoms with Gasteiger partial charge in [-0.3, -0.25) is 4.90 Å². The van der Waals surface area contributed by atoms with Gasteiger partial charge in [-0.1, -0.05) is 41.9 Å². The monoisotopic (exact) mass is 316 g/mol. The van der Waals surface area contributed by atoms with Crippen LogP contribution in [0.5, 0.6) is 5.75 Å². The molecule has 0 aromatic heterocycles. The number of ether oxygens (including phenoxy) is 1. The predicted octanol–water partition coefficient (Wildman–Crippen LogP) is 3.10. The molecule has 2 N–H and O–H groups in total. The van der Waals surface area contributed by atoms with Gasteiger partial charge in [-0.2, -0.15) is 0 Å². The fraction of sp³-hybridized carbons (Fsp3) is 0.333. The van der Waals surface area contributed by atoms with Crippen LogP contribution in [-0.4, -0.2) is 30.8 Å². The van der Waals surface area contributed by atoms with Crippen LogP contribution < -0.4 is 10.5 Å².